The number of esters is 1. The molecule has 2 aromatic rings. The zero-order valence-corrected chi connectivity index (χ0v) is 16.7. The third kappa shape index (κ3) is 5.14. The maximum absolute atomic E-state index is 12.1. The molecule has 0 aromatic heterocycles. The lowest BCUT2D eigenvalue weighted by molar-refractivity contribution is -0.139. The standard InChI is InChI=1S/C23H25NO4/c1-5-17(6-2)23(25)28-20-10-7-16(8-11-20)13-19(15-24)18-9-12-21(26-3)22(14-18)27-4/h7-14,17H,5-6H2,1-4H3/b19-13-. The molecule has 0 spiro atoms. The summed E-state index contributed by atoms with van der Waals surface area (Å²) in [6, 6.07) is 14.6. The Labute approximate surface area is 166 Å². The van der Waals surface area contributed by atoms with Gasteiger partial charge < -0.3 is 14.2 Å². The fourth-order valence-electron chi connectivity index (χ4n) is 2.80. The molecule has 0 aliphatic rings. The number of rotatable bonds is 8. The summed E-state index contributed by atoms with van der Waals surface area (Å²) >= 11 is 0. The van der Waals surface area contributed by atoms with Crippen LogP contribution in [0.1, 0.15) is 37.8 Å². The summed E-state index contributed by atoms with van der Waals surface area (Å²) in [5.74, 6) is 1.36. The summed E-state index contributed by atoms with van der Waals surface area (Å²) < 4.78 is 16.0. The summed E-state index contributed by atoms with van der Waals surface area (Å²) in [7, 11) is 3.12. The highest BCUT2D eigenvalue weighted by Gasteiger charge is 2.16. The van der Waals surface area contributed by atoms with Gasteiger partial charge in [-0.2, -0.15) is 5.26 Å². The fraction of sp³-hybridized carbons (Fsp3) is 0.304. The Bertz CT molecular complexity index is 874. The topological polar surface area (TPSA) is 68.6 Å². The van der Waals surface area contributed by atoms with E-state index in [1.807, 2.05) is 32.0 Å². The highest BCUT2D eigenvalue weighted by molar-refractivity contribution is 5.90. The second kappa shape index (κ2) is 10.2. The summed E-state index contributed by atoms with van der Waals surface area (Å²) in [5, 5.41) is 9.56. The Kier molecular flexibility index (Phi) is 7.65. The Hall–Kier alpha value is -3.26. The molecule has 2 aromatic carbocycles. The minimum Gasteiger partial charge on any atom is -0.493 e. The van der Waals surface area contributed by atoms with Crippen LogP contribution in [-0.4, -0.2) is 20.2 Å². The van der Waals surface area contributed by atoms with Crippen LogP contribution in [0.15, 0.2) is 42.5 Å². The Morgan fingerprint density at radius 1 is 1.04 bits per heavy atom. The highest BCUT2D eigenvalue weighted by atomic mass is 16.5. The third-order valence-electron chi connectivity index (χ3n) is 4.54. The normalized spacial score (nSPS) is 11.1. The van der Waals surface area contributed by atoms with Crippen molar-refractivity contribution >= 4 is 17.6 Å². The van der Waals surface area contributed by atoms with E-state index in [1.165, 1.54) is 0 Å². The Morgan fingerprint density at radius 3 is 2.21 bits per heavy atom. The van der Waals surface area contributed by atoms with Crippen molar-refractivity contribution in [1.82, 2.24) is 0 Å². The largest absolute Gasteiger partial charge is 0.493 e. The van der Waals surface area contributed by atoms with E-state index in [0.717, 1.165) is 24.0 Å². The summed E-state index contributed by atoms with van der Waals surface area (Å²) in [5.41, 5.74) is 2.04. The average Bonchev–Trinajstić information content (AvgIpc) is 2.73. The first-order valence-corrected chi connectivity index (χ1v) is 9.22. The van der Waals surface area contributed by atoms with E-state index in [1.54, 1.807) is 44.6 Å². The van der Waals surface area contributed by atoms with Gasteiger partial charge in [-0.1, -0.05) is 26.0 Å². The van der Waals surface area contributed by atoms with Crippen molar-refractivity contribution < 1.29 is 19.0 Å². The first kappa shape index (κ1) is 21.0. The van der Waals surface area contributed by atoms with E-state index in [4.69, 9.17) is 14.2 Å². The molecule has 0 unspecified atom stereocenters. The van der Waals surface area contributed by atoms with Gasteiger partial charge in [0, 0.05) is 0 Å². The number of carbonyl (C=O) groups is 1. The van der Waals surface area contributed by atoms with Crippen molar-refractivity contribution in [1.29, 1.82) is 5.26 Å². The number of allylic oxidation sites excluding steroid dienone is 1. The lowest BCUT2D eigenvalue weighted by Crippen LogP contribution is -2.19. The zero-order chi connectivity index (χ0) is 20.5. The van der Waals surface area contributed by atoms with E-state index in [-0.39, 0.29) is 11.9 Å². The van der Waals surface area contributed by atoms with Gasteiger partial charge in [0.2, 0.25) is 0 Å². The number of carbonyl (C=O) groups excluding carboxylic acids is 1. The van der Waals surface area contributed by atoms with Crippen LogP contribution in [0.4, 0.5) is 0 Å². The maximum Gasteiger partial charge on any atom is 0.314 e. The van der Waals surface area contributed by atoms with E-state index < -0.39 is 0 Å². The van der Waals surface area contributed by atoms with Crippen LogP contribution in [0.5, 0.6) is 17.2 Å². The molecule has 146 valence electrons. The molecule has 0 aliphatic carbocycles. The quantitative estimate of drug-likeness (QED) is 0.276. The molecule has 0 N–H and O–H groups in total. The van der Waals surface area contributed by atoms with Crippen LogP contribution in [0.25, 0.3) is 11.6 Å². The second-order valence-electron chi connectivity index (χ2n) is 6.24. The van der Waals surface area contributed by atoms with Gasteiger partial charge in [-0.05, 0) is 60.4 Å². The van der Waals surface area contributed by atoms with E-state index in [0.29, 0.717) is 22.8 Å². The van der Waals surface area contributed by atoms with Crippen LogP contribution in [0.2, 0.25) is 0 Å². The smallest absolute Gasteiger partial charge is 0.314 e. The monoisotopic (exact) mass is 379 g/mol. The van der Waals surface area contributed by atoms with Crippen LogP contribution in [0, 0.1) is 17.2 Å². The van der Waals surface area contributed by atoms with Crippen LogP contribution in [-0.2, 0) is 4.79 Å². The average molecular weight is 379 g/mol. The van der Waals surface area contributed by atoms with Gasteiger partial charge in [-0.15, -0.1) is 0 Å². The number of nitrogens with zero attached hydrogens (tertiary/aromatic N) is 1. The van der Waals surface area contributed by atoms with E-state index >= 15 is 0 Å². The predicted molar refractivity (Wildman–Crippen MR) is 109 cm³/mol. The minimum atomic E-state index is -0.212. The molecule has 0 heterocycles. The van der Waals surface area contributed by atoms with Crippen molar-refractivity contribution in [3.8, 4) is 23.3 Å². The number of ether oxygens (including phenoxy) is 3. The molecule has 0 amide bonds. The molecule has 0 saturated heterocycles. The molecule has 0 aliphatic heterocycles. The molecule has 5 heteroatoms. The summed E-state index contributed by atoms with van der Waals surface area (Å²) in [4.78, 5) is 12.1. The lowest BCUT2D eigenvalue weighted by Gasteiger charge is -2.11. The van der Waals surface area contributed by atoms with Gasteiger partial charge in [-0.3, -0.25) is 4.79 Å². The van der Waals surface area contributed by atoms with Crippen molar-refractivity contribution in [2.75, 3.05) is 14.2 Å². The number of hydrogen-bond acceptors (Lipinski definition) is 5. The van der Waals surface area contributed by atoms with Gasteiger partial charge >= 0.3 is 5.97 Å². The van der Waals surface area contributed by atoms with Crippen molar-refractivity contribution in [3.05, 3.63) is 53.6 Å². The molecule has 0 saturated carbocycles. The van der Waals surface area contributed by atoms with Crippen LogP contribution < -0.4 is 14.2 Å². The van der Waals surface area contributed by atoms with Gasteiger partial charge in [-0.25, -0.2) is 0 Å². The number of benzene rings is 2. The van der Waals surface area contributed by atoms with Gasteiger partial charge in [0.25, 0.3) is 0 Å². The molecular weight excluding hydrogens is 354 g/mol. The molecule has 0 fully saturated rings. The number of hydrogen-bond donors (Lipinski definition) is 0. The minimum absolute atomic E-state index is 0.0881. The molecule has 0 bridgehead atoms. The van der Waals surface area contributed by atoms with Crippen molar-refractivity contribution in [2.24, 2.45) is 5.92 Å². The summed E-state index contributed by atoms with van der Waals surface area (Å²) in [6.07, 6.45) is 3.29. The zero-order valence-electron chi connectivity index (χ0n) is 16.7. The van der Waals surface area contributed by atoms with Crippen molar-refractivity contribution in [2.45, 2.75) is 26.7 Å². The first-order valence-electron chi connectivity index (χ1n) is 9.22. The first-order chi connectivity index (χ1) is 13.6. The number of nitriles is 1. The summed E-state index contributed by atoms with van der Waals surface area (Å²) in [6.45, 7) is 3.95. The predicted octanol–water partition coefficient (Wildman–Crippen LogP) is 5.11. The fourth-order valence-corrected chi connectivity index (χ4v) is 2.80. The van der Waals surface area contributed by atoms with Crippen molar-refractivity contribution in [3.63, 3.8) is 0 Å². The highest BCUT2D eigenvalue weighted by Crippen LogP contribution is 2.31. The Balaban J connectivity index is 2.21. The van der Waals surface area contributed by atoms with Gasteiger partial charge in [0.15, 0.2) is 11.5 Å². The van der Waals surface area contributed by atoms with Crippen LogP contribution in [0.3, 0.4) is 0 Å². The SMILES string of the molecule is CCC(CC)C(=O)Oc1ccc(/C=C(/C#N)c2ccc(OC)c(OC)c2)cc1. The molecular formula is C23H25NO4. The van der Waals surface area contributed by atoms with Crippen LogP contribution >= 0.6 is 0 Å². The van der Waals surface area contributed by atoms with E-state index in [9.17, 15) is 10.1 Å². The molecule has 2 rings (SSSR count). The molecule has 0 radical (unpaired) electrons. The molecule has 0 atom stereocenters. The number of methoxy groups -OCH3 is 2. The van der Waals surface area contributed by atoms with E-state index in [2.05, 4.69) is 6.07 Å². The van der Waals surface area contributed by atoms with Gasteiger partial charge in [0.05, 0.1) is 31.8 Å². The maximum atomic E-state index is 12.1. The Morgan fingerprint density at radius 2 is 1.68 bits per heavy atom. The van der Waals surface area contributed by atoms with Gasteiger partial charge in [0.1, 0.15) is 5.75 Å². The lowest BCUT2D eigenvalue weighted by atomic mass is 10.0. The molecule has 5 nitrogen and oxygen atoms in total. The molecule has 28 heavy (non-hydrogen) atoms. The third-order valence-corrected chi connectivity index (χ3v) is 4.54. The second-order valence-corrected chi connectivity index (χ2v) is 6.24.